The molecule has 0 aromatic rings. The summed E-state index contributed by atoms with van der Waals surface area (Å²) in [6.07, 6.45) is 3.60. The lowest BCUT2D eigenvalue weighted by Gasteiger charge is -2.35. The molecule has 0 spiro atoms. The SMILES string of the molecule is CC1CCCN1C(=O)N1CCC[C@H](C(=O)O)C1. The molecule has 2 aliphatic rings. The zero-order valence-corrected chi connectivity index (χ0v) is 10.3. The Morgan fingerprint density at radius 2 is 1.88 bits per heavy atom. The zero-order valence-electron chi connectivity index (χ0n) is 10.3. The number of carbonyl (C=O) groups is 2. The lowest BCUT2D eigenvalue weighted by atomic mass is 9.98. The molecule has 0 aromatic heterocycles. The second kappa shape index (κ2) is 4.94. The second-order valence-electron chi connectivity index (χ2n) is 5.09. The van der Waals surface area contributed by atoms with E-state index in [9.17, 15) is 9.59 Å². The number of hydrogen-bond donors (Lipinski definition) is 1. The van der Waals surface area contributed by atoms with Crippen LogP contribution in [0.4, 0.5) is 4.79 Å². The van der Waals surface area contributed by atoms with Crippen LogP contribution in [-0.4, -0.2) is 52.6 Å². The fourth-order valence-electron chi connectivity index (χ4n) is 2.75. The first kappa shape index (κ1) is 12.2. The molecular weight excluding hydrogens is 220 g/mol. The Morgan fingerprint density at radius 1 is 1.18 bits per heavy atom. The Morgan fingerprint density at radius 3 is 2.47 bits per heavy atom. The van der Waals surface area contributed by atoms with E-state index < -0.39 is 5.97 Å². The van der Waals surface area contributed by atoms with Crippen molar-refractivity contribution < 1.29 is 14.7 Å². The number of amides is 2. The van der Waals surface area contributed by atoms with Crippen molar-refractivity contribution in [3.8, 4) is 0 Å². The van der Waals surface area contributed by atoms with Gasteiger partial charge >= 0.3 is 12.0 Å². The maximum atomic E-state index is 12.2. The van der Waals surface area contributed by atoms with E-state index in [-0.39, 0.29) is 11.9 Å². The maximum Gasteiger partial charge on any atom is 0.320 e. The smallest absolute Gasteiger partial charge is 0.320 e. The van der Waals surface area contributed by atoms with E-state index in [1.165, 1.54) is 0 Å². The van der Waals surface area contributed by atoms with Gasteiger partial charge in [-0.05, 0) is 32.6 Å². The van der Waals surface area contributed by atoms with E-state index >= 15 is 0 Å². The van der Waals surface area contributed by atoms with Crippen LogP contribution in [0.15, 0.2) is 0 Å². The van der Waals surface area contributed by atoms with Gasteiger partial charge in [-0.3, -0.25) is 4.79 Å². The standard InChI is InChI=1S/C12H20N2O3/c1-9-4-2-7-14(9)12(17)13-6-3-5-10(8-13)11(15)16/h9-10H,2-8H2,1H3,(H,15,16)/t9?,10-/m0/s1. The molecule has 17 heavy (non-hydrogen) atoms. The Labute approximate surface area is 101 Å². The van der Waals surface area contributed by atoms with Crippen molar-refractivity contribution >= 4 is 12.0 Å². The molecule has 2 rings (SSSR count). The summed E-state index contributed by atoms with van der Waals surface area (Å²) >= 11 is 0. The number of carbonyl (C=O) groups excluding carboxylic acids is 1. The number of aliphatic carboxylic acids is 1. The summed E-state index contributed by atoms with van der Waals surface area (Å²) in [5.74, 6) is -1.16. The molecule has 5 nitrogen and oxygen atoms in total. The molecule has 2 saturated heterocycles. The van der Waals surface area contributed by atoms with Gasteiger partial charge in [0.2, 0.25) is 0 Å². The summed E-state index contributed by atoms with van der Waals surface area (Å²) < 4.78 is 0. The van der Waals surface area contributed by atoms with Crippen molar-refractivity contribution in [1.82, 2.24) is 9.80 Å². The minimum Gasteiger partial charge on any atom is -0.481 e. The molecule has 2 amide bonds. The van der Waals surface area contributed by atoms with Crippen molar-refractivity contribution in [3.05, 3.63) is 0 Å². The van der Waals surface area contributed by atoms with Gasteiger partial charge in [0, 0.05) is 25.7 Å². The van der Waals surface area contributed by atoms with Crippen LogP contribution in [0.3, 0.4) is 0 Å². The quantitative estimate of drug-likeness (QED) is 0.753. The molecule has 2 fully saturated rings. The molecule has 2 aliphatic heterocycles. The molecule has 2 heterocycles. The van der Waals surface area contributed by atoms with E-state index in [0.29, 0.717) is 25.6 Å². The lowest BCUT2D eigenvalue weighted by Crippen LogP contribution is -2.49. The summed E-state index contributed by atoms with van der Waals surface area (Å²) in [7, 11) is 0. The Hall–Kier alpha value is -1.26. The molecule has 5 heteroatoms. The molecule has 0 aromatic carbocycles. The van der Waals surface area contributed by atoms with Gasteiger partial charge in [-0.15, -0.1) is 0 Å². The van der Waals surface area contributed by atoms with Crippen LogP contribution in [0.25, 0.3) is 0 Å². The van der Waals surface area contributed by atoms with E-state index in [1.807, 2.05) is 4.90 Å². The second-order valence-corrected chi connectivity index (χ2v) is 5.09. The van der Waals surface area contributed by atoms with Crippen molar-refractivity contribution in [2.45, 2.75) is 38.6 Å². The maximum absolute atomic E-state index is 12.2. The highest BCUT2D eigenvalue weighted by Gasteiger charge is 2.33. The average molecular weight is 240 g/mol. The first-order chi connectivity index (χ1) is 8.09. The van der Waals surface area contributed by atoms with Gasteiger partial charge in [0.05, 0.1) is 5.92 Å². The largest absolute Gasteiger partial charge is 0.481 e. The first-order valence-electron chi connectivity index (χ1n) is 6.38. The molecule has 1 N–H and O–H groups in total. The van der Waals surface area contributed by atoms with Crippen LogP contribution in [0.1, 0.15) is 32.6 Å². The highest BCUT2D eigenvalue weighted by Crippen LogP contribution is 2.22. The van der Waals surface area contributed by atoms with Crippen molar-refractivity contribution in [2.24, 2.45) is 5.92 Å². The molecular formula is C12H20N2O3. The van der Waals surface area contributed by atoms with Crippen LogP contribution in [0.2, 0.25) is 0 Å². The number of nitrogens with zero attached hydrogens (tertiary/aromatic N) is 2. The lowest BCUT2D eigenvalue weighted by molar-refractivity contribution is -0.143. The number of hydrogen-bond acceptors (Lipinski definition) is 2. The summed E-state index contributed by atoms with van der Waals surface area (Å²) in [6, 6.07) is 0.327. The van der Waals surface area contributed by atoms with E-state index in [0.717, 1.165) is 25.8 Å². The number of urea groups is 1. The minimum atomic E-state index is -0.781. The predicted molar refractivity (Wildman–Crippen MR) is 62.7 cm³/mol. The fraction of sp³-hybridized carbons (Fsp3) is 0.833. The molecule has 0 radical (unpaired) electrons. The third-order valence-electron chi connectivity index (χ3n) is 3.84. The normalized spacial score (nSPS) is 29.5. The third kappa shape index (κ3) is 2.53. The molecule has 0 aliphatic carbocycles. The average Bonchev–Trinajstić information content (AvgIpc) is 2.74. The number of carboxylic acid groups (broad SMARTS) is 1. The highest BCUT2D eigenvalue weighted by molar-refractivity contribution is 5.77. The first-order valence-corrected chi connectivity index (χ1v) is 6.38. The summed E-state index contributed by atoms with van der Waals surface area (Å²) in [5, 5.41) is 9.00. The van der Waals surface area contributed by atoms with Crippen molar-refractivity contribution in [1.29, 1.82) is 0 Å². The molecule has 0 bridgehead atoms. The topological polar surface area (TPSA) is 60.9 Å². The van der Waals surface area contributed by atoms with E-state index in [1.54, 1.807) is 4.90 Å². The van der Waals surface area contributed by atoms with Crippen LogP contribution in [-0.2, 0) is 4.79 Å². The molecule has 2 atom stereocenters. The Bertz CT molecular complexity index is 319. The Balaban J connectivity index is 1.97. The Kier molecular flexibility index (Phi) is 3.54. The number of piperidine rings is 1. The number of likely N-dealkylation sites (tertiary alicyclic amines) is 2. The summed E-state index contributed by atoms with van der Waals surface area (Å²) in [5.41, 5.74) is 0. The summed E-state index contributed by atoms with van der Waals surface area (Å²) in [4.78, 5) is 26.8. The van der Waals surface area contributed by atoms with Gasteiger partial charge in [-0.1, -0.05) is 0 Å². The van der Waals surface area contributed by atoms with Crippen LogP contribution in [0, 0.1) is 5.92 Å². The van der Waals surface area contributed by atoms with Gasteiger partial charge < -0.3 is 14.9 Å². The van der Waals surface area contributed by atoms with Gasteiger partial charge in [0.1, 0.15) is 0 Å². The molecule has 96 valence electrons. The summed E-state index contributed by atoms with van der Waals surface area (Å²) in [6.45, 7) is 3.95. The molecule has 1 unspecified atom stereocenters. The number of rotatable bonds is 1. The van der Waals surface area contributed by atoms with Gasteiger partial charge in [-0.2, -0.15) is 0 Å². The van der Waals surface area contributed by atoms with Crippen LogP contribution in [0.5, 0.6) is 0 Å². The highest BCUT2D eigenvalue weighted by atomic mass is 16.4. The van der Waals surface area contributed by atoms with Crippen LogP contribution >= 0.6 is 0 Å². The predicted octanol–water partition coefficient (Wildman–Crippen LogP) is 1.39. The van der Waals surface area contributed by atoms with Crippen LogP contribution < -0.4 is 0 Å². The van der Waals surface area contributed by atoms with Crippen molar-refractivity contribution in [2.75, 3.05) is 19.6 Å². The van der Waals surface area contributed by atoms with E-state index in [4.69, 9.17) is 5.11 Å². The third-order valence-corrected chi connectivity index (χ3v) is 3.84. The minimum absolute atomic E-state index is 0.0287. The molecule has 0 saturated carbocycles. The van der Waals surface area contributed by atoms with E-state index in [2.05, 4.69) is 6.92 Å². The monoisotopic (exact) mass is 240 g/mol. The number of carboxylic acids is 1. The van der Waals surface area contributed by atoms with Gasteiger partial charge in [0.25, 0.3) is 0 Å². The fourth-order valence-corrected chi connectivity index (χ4v) is 2.75. The van der Waals surface area contributed by atoms with Gasteiger partial charge in [0.15, 0.2) is 0 Å². The zero-order chi connectivity index (χ0) is 12.4. The van der Waals surface area contributed by atoms with Gasteiger partial charge in [-0.25, -0.2) is 4.79 Å². The van der Waals surface area contributed by atoms with Crippen molar-refractivity contribution in [3.63, 3.8) is 0 Å².